The highest BCUT2D eigenvalue weighted by Gasteiger charge is 2.29. The molecule has 4 nitrogen and oxygen atoms in total. The van der Waals surface area contributed by atoms with Crippen molar-refractivity contribution in [3.05, 3.63) is 64.3 Å². The van der Waals surface area contributed by atoms with Crippen LogP contribution in [0, 0.1) is 22.7 Å². The summed E-state index contributed by atoms with van der Waals surface area (Å²) in [4.78, 5) is 12.7. The fraction of sp³-hybridized carbons (Fsp3) is 0.0870. The largest absolute Gasteiger partial charge is 0.462 e. The molecule has 0 aromatic heterocycles. The number of fused-ring (bicyclic) bond motifs is 2. The van der Waals surface area contributed by atoms with Gasteiger partial charge < -0.3 is 4.74 Å². The topological polar surface area (TPSA) is 73.9 Å². The Morgan fingerprint density at radius 1 is 1.00 bits per heavy atom. The van der Waals surface area contributed by atoms with Crippen molar-refractivity contribution < 1.29 is 9.53 Å². The Morgan fingerprint density at radius 2 is 1.61 bits per heavy atom. The lowest BCUT2D eigenvalue weighted by atomic mass is 9.93. The van der Waals surface area contributed by atoms with Crippen LogP contribution in [0.4, 0.5) is 0 Å². The molecule has 0 amide bonds. The Bertz CT molecular complexity index is 1360. The maximum Gasteiger partial charge on any atom is 0.340 e. The Kier molecular flexibility index (Phi) is 4.35. The van der Waals surface area contributed by atoms with Crippen molar-refractivity contribution in [1.82, 2.24) is 0 Å². The third-order valence-corrected chi connectivity index (χ3v) is 5.20. The van der Waals surface area contributed by atoms with Gasteiger partial charge in [-0.15, -0.1) is 0 Å². The van der Waals surface area contributed by atoms with E-state index in [1.807, 2.05) is 60.7 Å². The van der Waals surface area contributed by atoms with Gasteiger partial charge in [0.25, 0.3) is 0 Å². The van der Waals surface area contributed by atoms with E-state index in [-0.39, 0.29) is 22.8 Å². The summed E-state index contributed by atoms with van der Waals surface area (Å²) in [5, 5.41) is 22.9. The number of esters is 1. The molecule has 5 heteroatoms. The zero-order valence-corrected chi connectivity index (χ0v) is 15.7. The van der Waals surface area contributed by atoms with Gasteiger partial charge in [-0.25, -0.2) is 4.79 Å². The minimum atomic E-state index is -0.526. The normalized spacial score (nSPS) is 10.7. The minimum Gasteiger partial charge on any atom is -0.462 e. The van der Waals surface area contributed by atoms with Crippen LogP contribution in [0.5, 0.6) is 0 Å². The summed E-state index contributed by atoms with van der Waals surface area (Å²) < 4.78 is 5.22. The molecule has 2 aliphatic rings. The highest BCUT2D eigenvalue weighted by atomic mass is 35.5. The SMILES string of the molecule is CCOC(=O)c1c2ccccc3c-2c(c1Cl)c(=C(C#N)C#N)c1ccccc31. The number of carbonyl (C=O) groups excluding carboxylic acids is 1. The molecule has 0 heterocycles. The molecule has 0 aliphatic heterocycles. The van der Waals surface area contributed by atoms with Gasteiger partial charge in [0.2, 0.25) is 0 Å². The third-order valence-electron chi connectivity index (χ3n) is 4.82. The molecule has 0 unspecified atom stereocenters. The number of rotatable bonds is 2. The van der Waals surface area contributed by atoms with Gasteiger partial charge in [0.15, 0.2) is 0 Å². The number of hydrogen-bond acceptors (Lipinski definition) is 4. The molecule has 0 bridgehead atoms. The molecule has 2 aromatic carbocycles. The van der Waals surface area contributed by atoms with Crippen LogP contribution >= 0.6 is 11.6 Å². The van der Waals surface area contributed by atoms with E-state index in [2.05, 4.69) is 0 Å². The van der Waals surface area contributed by atoms with Crippen molar-refractivity contribution >= 4 is 44.7 Å². The number of carbonyl (C=O) groups is 1. The zero-order valence-electron chi connectivity index (χ0n) is 14.9. The first kappa shape index (κ1) is 17.8. The monoisotopic (exact) mass is 384 g/mol. The van der Waals surface area contributed by atoms with Gasteiger partial charge in [-0.3, -0.25) is 0 Å². The van der Waals surface area contributed by atoms with Gasteiger partial charge in [-0.05, 0) is 34.2 Å². The van der Waals surface area contributed by atoms with E-state index in [1.54, 1.807) is 6.92 Å². The molecule has 0 N–H and O–H groups in total. The second kappa shape index (κ2) is 6.85. The average Bonchev–Trinajstić information content (AvgIpc) is 2.85. The van der Waals surface area contributed by atoms with E-state index in [4.69, 9.17) is 16.3 Å². The summed E-state index contributed by atoms with van der Waals surface area (Å²) in [5.41, 5.74) is 1.59. The van der Waals surface area contributed by atoms with E-state index in [9.17, 15) is 15.3 Å². The Labute approximate surface area is 166 Å². The number of ether oxygens (including phenoxy) is 1. The second-order valence-electron chi connectivity index (χ2n) is 6.22. The lowest BCUT2D eigenvalue weighted by molar-refractivity contribution is 0.0528. The highest BCUT2D eigenvalue weighted by Crippen LogP contribution is 2.44. The summed E-state index contributed by atoms with van der Waals surface area (Å²) in [7, 11) is 0. The number of nitrogens with zero attached hydrogens (tertiary/aromatic N) is 2. The van der Waals surface area contributed by atoms with Gasteiger partial charge in [0.1, 0.15) is 17.7 Å². The van der Waals surface area contributed by atoms with Gasteiger partial charge in [-0.1, -0.05) is 60.1 Å². The van der Waals surface area contributed by atoms with E-state index in [1.165, 1.54) is 0 Å². The zero-order chi connectivity index (χ0) is 19.8. The molecule has 134 valence electrons. The van der Waals surface area contributed by atoms with Crippen molar-refractivity contribution in [3.63, 3.8) is 0 Å². The summed E-state index contributed by atoms with van der Waals surface area (Å²) >= 11 is 6.70. The van der Waals surface area contributed by atoms with E-state index in [0.717, 1.165) is 21.7 Å². The van der Waals surface area contributed by atoms with Crippen LogP contribution in [0.15, 0.2) is 48.5 Å². The van der Waals surface area contributed by atoms with Crippen LogP contribution in [-0.4, -0.2) is 12.6 Å². The molecule has 0 saturated heterocycles. The fourth-order valence-electron chi connectivity index (χ4n) is 3.78. The highest BCUT2D eigenvalue weighted by molar-refractivity contribution is 6.42. The van der Waals surface area contributed by atoms with Crippen molar-refractivity contribution in [1.29, 1.82) is 10.5 Å². The first-order valence-corrected chi connectivity index (χ1v) is 9.07. The third kappa shape index (κ3) is 2.40. The van der Waals surface area contributed by atoms with Crippen molar-refractivity contribution in [2.45, 2.75) is 6.92 Å². The van der Waals surface area contributed by atoms with E-state index in [0.29, 0.717) is 16.2 Å². The minimum absolute atomic E-state index is 0.0474. The van der Waals surface area contributed by atoms with Crippen molar-refractivity contribution in [2.24, 2.45) is 0 Å². The maximum absolute atomic E-state index is 12.7. The Hall–Kier alpha value is -3.60. The summed E-state index contributed by atoms with van der Waals surface area (Å²) in [6.07, 6.45) is 0. The molecule has 28 heavy (non-hydrogen) atoms. The molecule has 0 spiro atoms. The van der Waals surface area contributed by atoms with Crippen LogP contribution in [0.1, 0.15) is 17.3 Å². The van der Waals surface area contributed by atoms with Crippen molar-refractivity contribution in [3.8, 4) is 23.3 Å². The molecular formula is C23H13ClN2O2. The van der Waals surface area contributed by atoms with Crippen LogP contribution < -0.4 is 5.22 Å². The molecule has 2 aromatic rings. The molecule has 0 atom stereocenters. The maximum atomic E-state index is 12.7. The van der Waals surface area contributed by atoms with Gasteiger partial charge in [0, 0.05) is 10.6 Å². The predicted octanol–water partition coefficient (Wildman–Crippen LogP) is 4.84. The molecule has 4 rings (SSSR count). The molecule has 0 fully saturated rings. The molecular weight excluding hydrogens is 372 g/mol. The van der Waals surface area contributed by atoms with Gasteiger partial charge >= 0.3 is 5.97 Å². The fourth-order valence-corrected chi connectivity index (χ4v) is 4.14. The van der Waals surface area contributed by atoms with Crippen LogP contribution in [0.3, 0.4) is 0 Å². The van der Waals surface area contributed by atoms with Crippen molar-refractivity contribution in [2.75, 3.05) is 6.61 Å². The number of nitriles is 2. The van der Waals surface area contributed by atoms with E-state index >= 15 is 0 Å². The smallest absolute Gasteiger partial charge is 0.340 e. The number of benzene rings is 2. The number of halogens is 1. The number of hydrogen-bond donors (Lipinski definition) is 0. The quantitative estimate of drug-likeness (QED) is 0.463. The molecule has 2 aliphatic carbocycles. The first-order valence-electron chi connectivity index (χ1n) is 8.69. The standard InChI is InChI=1S/C23H13ClN2O2/c1-2-28-23(27)20-17-10-6-5-9-16-14-7-3-4-8-15(14)18(13(11-25)12-26)21(19(16)17)22(20)24/h3-10H,2H2,1H3. The van der Waals surface area contributed by atoms with E-state index < -0.39 is 5.97 Å². The van der Waals surface area contributed by atoms with Crippen LogP contribution in [0.25, 0.3) is 38.2 Å². The lowest BCUT2D eigenvalue weighted by Crippen LogP contribution is -2.09. The summed E-state index contributed by atoms with van der Waals surface area (Å²) in [6, 6.07) is 19.0. The first-order chi connectivity index (χ1) is 13.6. The van der Waals surface area contributed by atoms with Crippen LogP contribution in [0.2, 0.25) is 5.02 Å². The average molecular weight is 385 g/mol. The Morgan fingerprint density at radius 3 is 2.25 bits per heavy atom. The molecule has 0 radical (unpaired) electrons. The predicted molar refractivity (Wildman–Crippen MR) is 109 cm³/mol. The molecule has 0 saturated carbocycles. The second-order valence-corrected chi connectivity index (χ2v) is 6.60. The van der Waals surface area contributed by atoms with Crippen LogP contribution in [-0.2, 0) is 4.74 Å². The van der Waals surface area contributed by atoms with Gasteiger partial charge in [-0.2, -0.15) is 10.5 Å². The lowest BCUT2D eigenvalue weighted by Gasteiger charge is -2.08. The summed E-state index contributed by atoms with van der Waals surface area (Å²) in [5.74, 6) is -0.526. The Balaban J connectivity index is 2.41. The van der Waals surface area contributed by atoms with Gasteiger partial charge in [0.05, 0.1) is 17.2 Å². The summed E-state index contributed by atoms with van der Waals surface area (Å²) in [6.45, 7) is 1.94.